The average molecular weight is 390 g/mol. The Morgan fingerprint density at radius 1 is 1.09 bits per heavy atom. The lowest BCUT2D eigenvalue weighted by Gasteiger charge is -2.09. The van der Waals surface area contributed by atoms with Crippen molar-refractivity contribution in [3.8, 4) is 11.6 Å². The Kier molecular flexibility index (Phi) is 3.43. The molecule has 0 spiro atoms. The van der Waals surface area contributed by atoms with Gasteiger partial charge in [0.1, 0.15) is 22.1 Å². The number of hydrogen-bond acceptors (Lipinski definition) is 4. The van der Waals surface area contributed by atoms with Gasteiger partial charge in [0.05, 0.1) is 0 Å². The van der Waals surface area contributed by atoms with Gasteiger partial charge in [0, 0.05) is 22.8 Å². The van der Waals surface area contributed by atoms with Crippen LogP contribution in [0, 0.1) is 0 Å². The highest BCUT2D eigenvalue weighted by Crippen LogP contribution is 2.36. The number of fused-ring (bicyclic) bond motifs is 2. The van der Waals surface area contributed by atoms with Gasteiger partial charge in [0.2, 0.25) is 5.88 Å². The second kappa shape index (κ2) is 5.47. The zero-order valence-electron chi connectivity index (χ0n) is 12.0. The van der Waals surface area contributed by atoms with Crippen LogP contribution in [0.5, 0.6) is 11.6 Å². The Bertz CT molecular complexity index is 1050. The fourth-order valence-corrected chi connectivity index (χ4v) is 3.33. The third-order valence-corrected chi connectivity index (χ3v) is 4.47. The van der Waals surface area contributed by atoms with Crippen molar-refractivity contribution in [3.05, 3.63) is 52.4 Å². The molecule has 0 atom stereocenters. The van der Waals surface area contributed by atoms with E-state index in [1.807, 2.05) is 43.4 Å². The second-order valence-corrected chi connectivity index (χ2v) is 6.14. The number of nitrogens with zero attached hydrogens (tertiary/aromatic N) is 4. The van der Waals surface area contributed by atoms with Crippen LogP contribution in [0.3, 0.4) is 0 Å². The summed E-state index contributed by atoms with van der Waals surface area (Å²) in [6.07, 6.45) is 1.46. The minimum Gasteiger partial charge on any atom is -0.437 e. The molecule has 0 aliphatic heterocycles. The monoisotopic (exact) mass is 388 g/mol. The number of rotatable bonds is 2. The third kappa shape index (κ3) is 2.34. The summed E-state index contributed by atoms with van der Waals surface area (Å²) < 4.78 is 8.38. The lowest BCUT2D eigenvalue weighted by molar-refractivity contribution is 0.473. The van der Waals surface area contributed by atoms with Crippen molar-refractivity contribution in [2.75, 3.05) is 0 Å². The van der Waals surface area contributed by atoms with E-state index in [1.54, 1.807) is 4.68 Å². The first-order valence-electron chi connectivity index (χ1n) is 6.83. The van der Waals surface area contributed by atoms with Crippen molar-refractivity contribution in [3.63, 3.8) is 0 Å². The van der Waals surface area contributed by atoms with E-state index in [4.69, 9.17) is 16.3 Å². The standard InChI is InChI=1S/C16H10BrClN4O/c1-22-15-13(14(17)21-22)16(20-8-19-15)23-12-7-6-11(18)9-4-2-3-5-10(9)12/h2-8H,1H3. The van der Waals surface area contributed by atoms with E-state index in [0.717, 1.165) is 16.2 Å². The van der Waals surface area contributed by atoms with Crippen molar-refractivity contribution >= 4 is 49.3 Å². The molecule has 4 aromatic rings. The first-order chi connectivity index (χ1) is 11.1. The Morgan fingerprint density at radius 3 is 2.70 bits per heavy atom. The topological polar surface area (TPSA) is 52.8 Å². The zero-order valence-corrected chi connectivity index (χ0v) is 14.3. The maximum atomic E-state index is 6.25. The van der Waals surface area contributed by atoms with E-state index in [2.05, 4.69) is 31.0 Å². The number of aryl methyl sites for hydroxylation is 1. The molecule has 0 amide bonds. The summed E-state index contributed by atoms with van der Waals surface area (Å²) in [6, 6.07) is 11.5. The summed E-state index contributed by atoms with van der Waals surface area (Å²) in [5, 5.41) is 7.57. The average Bonchev–Trinajstić information content (AvgIpc) is 2.86. The second-order valence-electron chi connectivity index (χ2n) is 4.99. The normalized spacial score (nSPS) is 11.3. The summed E-state index contributed by atoms with van der Waals surface area (Å²) >= 11 is 9.68. The maximum Gasteiger partial charge on any atom is 0.234 e. The third-order valence-electron chi connectivity index (χ3n) is 3.58. The van der Waals surface area contributed by atoms with E-state index in [0.29, 0.717) is 26.9 Å². The van der Waals surface area contributed by atoms with E-state index >= 15 is 0 Å². The van der Waals surface area contributed by atoms with Crippen molar-refractivity contribution in [2.24, 2.45) is 7.05 Å². The van der Waals surface area contributed by atoms with E-state index in [1.165, 1.54) is 6.33 Å². The van der Waals surface area contributed by atoms with Crippen molar-refractivity contribution in [1.29, 1.82) is 0 Å². The SMILES string of the molecule is Cn1nc(Br)c2c(Oc3ccc(Cl)c4ccccc34)ncnc21. The Morgan fingerprint density at radius 2 is 1.87 bits per heavy atom. The first-order valence-corrected chi connectivity index (χ1v) is 8.00. The molecule has 0 saturated carbocycles. The van der Waals surface area contributed by atoms with Gasteiger partial charge in [-0.05, 0) is 28.1 Å². The molecule has 0 N–H and O–H groups in total. The molecule has 0 fully saturated rings. The predicted molar refractivity (Wildman–Crippen MR) is 93.0 cm³/mol. The van der Waals surface area contributed by atoms with Crippen LogP contribution >= 0.6 is 27.5 Å². The smallest absolute Gasteiger partial charge is 0.234 e. The molecule has 4 rings (SSSR count). The highest BCUT2D eigenvalue weighted by molar-refractivity contribution is 9.10. The van der Waals surface area contributed by atoms with Crippen LogP contribution in [-0.2, 0) is 7.05 Å². The summed E-state index contributed by atoms with van der Waals surface area (Å²) in [5.41, 5.74) is 0.695. The number of halogens is 2. The quantitative estimate of drug-likeness (QED) is 0.497. The molecule has 23 heavy (non-hydrogen) atoms. The molecular weight excluding hydrogens is 380 g/mol. The lowest BCUT2D eigenvalue weighted by Crippen LogP contribution is -1.94. The molecule has 0 aliphatic rings. The van der Waals surface area contributed by atoms with Crippen LogP contribution in [-0.4, -0.2) is 19.7 Å². The highest BCUT2D eigenvalue weighted by Gasteiger charge is 2.16. The van der Waals surface area contributed by atoms with Gasteiger partial charge in [-0.15, -0.1) is 0 Å². The van der Waals surface area contributed by atoms with Crippen LogP contribution in [0.15, 0.2) is 47.3 Å². The first kappa shape index (κ1) is 14.4. The van der Waals surface area contributed by atoms with Gasteiger partial charge in [-0.25, -0.2) is 14.6 Å². The minimum atomic E-state index is 0.447. The summed E-state index contributed by atoms with van der Waals surface area (Å²) in [4.78, 5) is 8.49. The van der Waals surface area contributed by atoms with Gasteiger partial charge >= 0.3 is 0 Å². The van der Waals surface area contributed by atoms with Crippen molar-refractivity contribution in [1.82, 2.24) is 19.7 Å². The fraction of sp³-hybridized carbons (Fsp3) is 0.0625. The van der Waals surface area contributed by atoms with E-state index in [9.17, 15) is 0 Å². The van der Waals surface area contributed by atoms with Gasteiger partial charge in [0.15, 0.2) is 5.65 Å². The molecule has 5 nitrogen and oxygen atoms in total. The van der Waals surface area contributed by atoms with Crippen molar-refractivity contribution < 1.29 is 4.74 Å². The molecule has 2 aromatic heterocycles. The van der Waals surface area contributed by atoms with E-state index < -0.39 is 0 Å². The molecule has 0 saturated heterocycles. The van der Waals surface area contributed by atoms with Gasteiger partial charge < -0.3 is 4.74 Å². The van der Waals surface area contributed by atoms with Crippen molar-refractivity contribution in [2.45, 2.75) is 0 Å². The molecule has 0 bridgehead atoms. The van der Waals surface area contributed by atoms with Gasteiger partial charge in [-0.3, -0.25) is 0 Å². The predicted octanol–water partition coefficient (Wildman–Crippen LogP) is 4.72. The summed E-state index contributed by atoms with van der Waals surface area (Å²) in [7, 11) is 1.82. The van der Waals surface area contributed by atoms with Crippen LogP contribution in [0.25, 0.3) is 21.8 Å². The Labute approximate surface area is 145 Å². The molecular formula is C16H10BrClN4O. The summed E-state index contributed by atoms with van der Waals surface area (Å²) in [6.45, 7) is 0. The van der Waals surface area contributed by atoms with Crippen LogP contribution in [0.4, 0.5) is 0 Å². The Balaban J connectivity index is 1.91. The maximum absolute atomic E-state index is 6.25. The van der Waals surface area contributed by atoms with E-state index in [-0.39, 0.29) is 0 Å². The Hall–Kier alpha value is -2.18. The number of benzene rings is 2. The van der Waals surface area contributed by atoms with Gasteiger partial charge in [-0.2, -0.15) is 5.10 Å². The minimum absolute atomic E-state index is 0.447. The molecule has 114 valence electrons. The molecule has 7 heteroatoms. The van der Waals surface area contributed by atoms with Gasteiger partial charge in [0.25, 0.3) is 0 Å². The highest BCUT2D eigenvalue weighted by atomic mass is 79.9. The number of aromatic nitrogens is 4. The lowest BCUT2D eigenvalue weighted by atomic mass is 10.1. The molecule has 2 heterocycles. The number of ether oxygens (including phenoxy) is 1. The van der Waals surface area contributed by atoms with Crippen LogP contribution in [0.1, 0.15) is 0 Å². The van der Waals surface area contributed by atoms with Crippen LogP contribution < -0.4 is 4.74 Å². The molecule has 0 unspecified atom stereocenters. The fourth-order valence-electron chi connectivity index (χ4n) is 2.52. The van der Waals surface area contributed by atoms with Crippen LogP contribution in [0.2, 0.25) is 5.02 Å². The summed E-state index contributed by atoms with van der Waals surface area (Å²) in [5.74, 6) is 1.13. The van der Waals surface area contributed by atoms with Gasteiger partial charge in [-0.1, -0.05) is 35.9 Å². The zero-order chi connectivity index (χ0) is 16.0. The molecule has 0 radical (unpaired) electrons. The molecule has 2 aromatic carbocycles. The molecule has 0 aliphatic carbocycles. The largest absolute Gasteiger partial charge is 0.437 e. The number of hydrogen-bond donors (Lipinski definition) is 0.